The molecule has 0 spiro atoms. The van der Waals surface area contributed by atoms with Gasteiger partial charge in [0.2, 0.25) is 5.91 Å². The van der Waals surface area contributed by atoms with Crippen molar-refractivity contribution in [2.24, 2.45) is 0 Å². The summed E-state index contributed by atoms with van der Waals surface area (Å²) in [6.45, 7) is 1.90. The average molecular weight is 235 g/mol. The lowest BCUT2D eigenvalue weighted by Crippen LogP contribution is -2.19. The maximum absolute atomic E-state index is 10.6. The van der Waals surface area contributed by atoms with Gasteiger partial charge in [-0.3, -0.25) is 4.79 Å². The van der Waals surface area contributed by atoms with Crippen molar-refractivity contribution < 1.29 is 4.79 Å². The molecule has 0 bridgehead atoms. The lowest BCUT2D eigenvalue weighted by molar-refractivity contribution is -0.118. The van der Waals surface area contributed by atoms with Gasteiger partial charge in [-0.05, 0) is 17.7 Å². The molecule has 1 rings (SSSR count). The molecule has 0 aliphatic rings. The van der Waals surface area contributed by atoms with Crippen LogP contribution in [0.15, 0.2) is 24.3 Å². The zero-order valence-electron chi connectivity index (χ0n) is 8.83. The van der Waals surface area contributed by atoms with Gasteiger partial charge >= 0.3 is 0 Å². The molecule has 0 aliphatic heterocycles. The number of carbonyl (C=O) groups excluding carboxylic acids is 1. The van der Waals surface area contributed by atoms with Gasteiger partial charge in [-0.2, -0.15) is 5.26 Å². The minimum Gasteiger partial charge on any atom is -0.353 e. The highest BCUT2D eigenvalue weighted by molar-refractivity contribution is 6.30. The lowest BCUT2D eigenvalue weighted by atomic mass is 10.1. The molecule has 3 nitrogen and oxygen atoms in total. The monoisotopic (exact) mass is 234 g/mol. The predicted molar refractivity (Wildman–Crippen MR) is 63.9 cm³/mol. The van der Waals surface area contributed by atoms with E-state index >= 15 is 0 Å². The van der Waals surface area contributed by atoms with Crippen LogP contribution in [-0.2, 0) is 4.79 Å². The first kappa shape index (κ1) is 12.3. The summed E-state index contributed by atoms with van der Waals surface area (Å²) in [5.74, 6) is -0.0822. The van der Waals surface area contributed by atoms with E-state index in [4.69, 9.17) is 16.9 Å². The quantitative estimate of drug-likeness (QED) is 0.873. The zero-order chi connectivity index (χ0) is 12.0. The number of amides is 1. The van der Waals surface area contributed by atoms with E-state index in [-0.39, 0.29) is 5.91 Å². The number of halogens is 1. The number of benzene rings is 1. The van der Waals surface area contributed by atoms with E-state index < -0.39 is 0 Å². The Labute approximate surface area is 99.3 Å². The van der Waals surface area contributed by atoms with Gasteiger partial charge in [-0.15, -0.1) is 0 Å². The molecule has 1 aromatic carbocycles. The fourth-order valence-electron chi connectivity index (χ4n) is 1.16. The Balaban J connectivity index is 2.74. The molecule has 0 saturated carbocycles. The molecule has 1 aromatic rings. The number of nitrogens with one attached hydrogen (secondary N) is 1. The number of rotatable bonds is 3. The van der Waals surface area contributed by atoms with Crippen LogP contribution in [0.1, 0.15) is 18.1 Å². The summed E-state index contributed by atoms with van der Waals surface area (Å²) in [6, 6.07) is 7.17. The summed E-state index contributed by atoms with van der Waals surface area (Å²) < 4.78 is 0. The molecule has 16 heavy (non-hydrogen) atoms. The number of hydrogen-bond donors (Lipinski definition) is 1. The van der Waals surface area contributed by atoms with E-state index in [2.05, 4.69) is 11.4 Å². The molecular weight excluding hydrogens is 224 g/mol. The third-order valence-electron chi connectivity index (χ3n) is 1.90. The van der Waals surface area contributed by atoms with Gasteiger partial charge in [0.15, 0.2) is 0 Å². The summed E-state index contributed by atoms with van der Waals surface area (Å²) in [4.78, 5) is 10.6. The van der Waals surface area contributed by atoms with Gasteiger partial charge < -0.3 is 5.32 Å². The van der Waals surface area contributed by atoms with E-state index in [1.54, 1.807) is 30.4 Å². The largest absolute Gasteiger partial charge is 0.353 e. The number of carbonyl (C=O) groups is 1. The molecule has 0 unspecified atom stereocenters. The SMILES string of the molecule is CC(=O)NCC=Cc1ccc(Cl)cc1C#N. The summed E-state index contributed by atoms with van der Waals surface area (Å²) >= 11 is 5.77. The molecule has 1 N–H and O–H groups in total. The summed E-state index contributed by atoms with van der Waals surface area (Å²) in [5, 5.41) is 12.0. The Morgan fingerprint density at radius 3 is 3.00 bits per heavy atom. The number of hydrogen-bond acceptors (Lipinski definition) is 2. The second-order valence-electron chi connectivity index (χ2n) is 3.18. The van der Waals surface area contributed by atoms with Crippen LogP contribution < -0.4 is 5.32 Å². The number of nitrogens with zero attached hydrogens (tertiary/aromatic N) is 1. The van der Waals surface area contributed by atoms with Crippen molar-refractivity contribution in [3.8, 4) is 6.07 Å². The van der Waals surface area contributed by atoms with Crippen molar-refractivity contribution in [1.29, 1.82) is 5.26 Å². The van der Waals surface area contributed by atoms with Crippen LogP contribution in [-0.4, -0.2) is 12.5 Å². The first-order valence-electron chi connectivity index (χ1n) is 4.74. The predicted octanol–water partition coefficient (Wildman–Crippen LogP) is 2.36. The molecule has 0 heterocycles. The zero-order valence-corrected chi connectivity index (χ0v) is 9.58. The van der Waals surface area contributed by atoms with E-state index in [1.165, 1.54) is 6.92 Å². The Morgan fingerprint density at radius 1 is 1.62 bits per heavy atom. The van der Waals surface area contributed by atoms with Gasteiger partial charge in [-0.25, -0.2) is 0 Å². The third kappa shape index (κ3) is 3.76. The van der Waals surface area contributed by atoms with Crippen LogP contribution in [0.2, 0.25) is 5.02 Å². The van der Waals surface area contributed by atoms with E-state index in [9.17, 15) is 4.79 Å². The first-order valence-corrected chi connectivity index (χ1v) is 5.12. The summed E-state index contributed by atoms with van der Waals surface area (Å²) in [5.41, 5.74) is 1.31. The second-order valence-corrected chi connectivity index (χ2v) is 3.62. The lowest BCUT2D eigenvalue weighted by Gasteiger charge is -1.99. The van der Waals surface area contributed by atoms with Gasteiger partial charge in [-0.1, -0.05) is 29.8 Å². The van der Waals surface area contributed by atoms with Crippen molar-refractivity contribution in [2.75, 3.05) is 6.54 Å². The molecular formula is C12H11ClN2O. The van der Waals surface area contributed by atoms with E-state index in [1.807, 2.05) is 0 Å². The molecule has 0 atom stereocenters. The Kier molecular flexibility index (Phi) is 4.56. The standard InChI is InChI=1S/C12H11ClN2O/c1-9(16)15-6-2-3-10-4-5-12(13)7-11(10)8-14/h2-5,7H,6H2,1H3,(H,15,16). The highest BCUT2D eigenvalue weighted by Gasteiger charge is 1.98. The minimum absolute atomic E-state index is 0.0822. The van der Waals surface area contributed by atoms with Gasteiger partial charge in [0.05, 0.1) is 11.6 Å². The summed E-state index contributed by atoms with van der Waals surface area (Å²) in [7, 11) is 0. The van der Waals surface area contributed by atoms with Gasteiger partial charge in [0, 0.05) is 18.5 Å². The fourth-order valence-corrected chi connectivity index (χ4v) is 1.33. The molecule has 0 aromatic heterocycles. The van der Waals surface area contributed by atoms with Crippen molar-refractivity contribution in [1.82, 2.24) is 5.32 Å². The fraction of sp³-hybridized carbons (Fsp3) is 0.167. The smallest absolute Gasteiger partial charge is 0.217 e. The van der Waals surface area contributed by atoms with E-state index in [0.29, 0.717) is 17.1 Å². The van der Waals surface area contributed by atoms with Crippen LogP contribution in [0.25, 0.3) is 6.08 Å². The van der Waals surface area contributed by atoms with Gasteiger partial charge in [0.25, 0.3) is 0 Å². The van der Waals surface area contributed by atoms with Crippen LogP contribution in [0.5, 0.6) is 0 Å². The Morgan fingerprint density at radius 2 is 2.38 bits per heavy atom. The van der Waals surface area contributed by atoms with E-state index in [0.717, 1.165) is 5.56 Å². The van der Waals surface area contributed by atoms with Crippen LogP contribution >= 0.6 is 11.6 Å². The van der Waals surface area contributed by atoms with Crippen LogP contribution in [0.3, 0.4) is 0 Å². The van der Waals surface area contributed by atoms with Crippen LogP contribution in [0.4, 0.5) is 0 Å². The maximum Gasteiger partial charge on any atom is 0.217 e. The molecule has 0 radical (unpaired) electrons. The van der Waals surface area contributed by atoms with Crippen LogP contribution in [0, 0.1) is 11.3 Å². The third-order valence-corrected chi connectivity index (χ3v) is 2.14. The Bertz CT molecular complexity index is 461. The molecule has 0 fully saturated rings. The van der Waals surface area contributed by atoms with Crippen molar-refractivity contribution in [3.05, 3.63) is 40.4 Å². The van der Waals surface area contributed by atoms with Crippen molar-refractivity contribution in [2.45, 2.75) is 6.92 Å². The highest BCUT2D eigenvalue weighted by Crippen LogP contribution is 2.16. The maximum atomic E-state index is 10.6. The molecule has 4 heteroatoms. The van der Waals surface area contributed by atoms with Crippen molar-refractivity contribution >= 4 is 23.6 Å². The number of nitriles is 1. The molecule has 82 valence electrons. The molecule has 0 aliphatic carbocycles. The van der Waals surface area contributed by atoms with Crippen molar-refractivity contribution in [3.63, 3.8) is 0 Å². The first-order chi connectivity index (χ1) is 7.63. The second kappa shape index (κ2) is 5.94. The topological polar surface area (TPSA) is 52.9 Å². The molecule has 1 amide bonds. The van der Waals surface area contributed by atoms with Gasteiger partial charge in [0.1, 0.15) is 0 Å². The summed E-state index contributed by atoms with van der Waals surface area (Å²) in [6.07, 6.45) is 3.57. The Hall–Kier alpha value is -1.79. The highest BCUT2D eigenvalue weighted by atomic mass is 35.5. The minimum atomic E-state index is -0.0822. The average Bonchev–Trinajstić information content (AvgIpc) is 2.25. The normalized spacial score (nSPS) is 10.1. The molecule has 0 saturated heterocycles.